The van der Waals surface area contributed by atoms with Gasteiger partial charge >= 0.3 is 0 Å². The monoisotopic (exact) mass is 698 g/mol. The first-order valence-electron chi connectivity index (χ1n) is 22.6. The second kappa shape index (κ2) is 12.2. The van der Waals surface area contributed by atoms with Crippen molar-refractivity contribution in [2.24, 2.45) is 0 Å². The van der Waals surface area contributed by atoms with Gasteiger partial charge in [-0.3, -0.25) is 4.57 Å². The molecule has 9 aromatic carbocycles. The summed E-state index contributed by atoms with van der Waals surface area (Å²) in [5, 5.41) is 5.11. The Morgan fingerprint density at radius 3 is 1.89 bits per heavy atom. The summed E-state index contributed by atoms with van der Waals surface area (Å²) in [4.78, 5) is 4.94. The highest BCUT2D eigenvalue weighted by Crippen LogP contribution is 2.49. The van der Waals surface area contributed by atoms with E-state index in [9.17, 15) is 0 Å². The Balaban J connectivity index is 1.30. The van der Waals surface area contributed by atoms with Crippen molar-refractivity contribution in [3.63, 3.8) is 0 Å². The van der Waals surface area contributed by atoms with Gasteiger partial charge in [0.2, 0.25) is 0 Å². The van der Waals surface area contributed by atoms with E-state index in [-0.39, 0.29) is 41.1 Å². The second-order valence-electron chi connectivity index (χ2n) is 13.1. The minimum Gasteiger partial charge on any atom is -0.456 e. The largest absolute Gasteiger partial charge is 0.456 e. The second-order valence-corrected chi connectivity index (χ2v) is 13.1. The van der Waals surface area contributed by atoms with Crippen LogP contribution in [0.5, 0.6) is 0 Å². The van der Waals surface area contributed by atoms with Crippen LogP contribution >= 0.6 is 0 Å². The predicted molar refractivity (Wildman–Crippen MR) is 225 cm³/mol. The molecule has 11 rings (SSSR count). The van der Waals surface area contributed by atoms with E-state index in [1.807, 2.05) is 114 Å². The van der Waals surface area contributed by atoms with E-state index in [1.54, 1.807) is 6.07 Å². The maximum Gasteiger partial charge on any atom is 0.145 e. The predicted octanol–water partition coefficient (Wildman–Crippen LogP) is 13.9. The minimum absolute atomic E-state index is 0.0363. The van der Waals surface area contributed by atoms with Crippen molar-refractivity contribution in [1.29, 1.82) is 0 Å². The van der Waals surface area contributed by atoms with Crippen molar-refractivity contribution in [3.8, 4) is 50.5 Å². The van der Waals surface area contributed by atoms with E-state index in [1.165, 1.54) is 0 Å². The molecule has 0 saturated heterocycles. The van der Waals surface area contributed by atoms with Gasteiger partial charge in [-0.25, -0.2) is 4.98 Å². The lowest BCUT2D eigenvalue weighted by Crippen LogP contribution is -2.01. The van der Waals surface area contributed by atoms with Crippen molar-refractivity contribution in [3.05, 3.63) is 194 Å². The zero-order valence-corrected chi connectivity index (χ0v) is 28.5. The molecule has 0 bridgehead atoms. The van der Waals surface area contributed by atoms with E-state index < -0.39 is 36.3 Å². The van der Waals surface area contributed by atoms with Gasteiger partial charge in [-0.15, -0.1) is 0 Å². The molecule has 0 amide bonds. The standard InChI is InChI=1S/C51H32N2O/c1-3-16-33(17-4-1)35-30-31-38-42(32-35)49(41-24-15-29-47-50(41)40-23-10-14-28-46(40)54-47)37-21-8-7-20-36(37)48(38)39-22-9-12-26-44(39)53-45-27-13-11-25-43(45)52-51(53)34-18-5-2-6-19-34/h1-32H/i1D,2D,3D,4D,5D,6D,16D,17D,18D,19D. The Morgan fingerprint density at radius 1 is 0.463 bits per heavy atom. The molecule has 252 valence electrons. The number of fused-ring (bicyclic) bond motifs is 6. The molecule has 0 radical (unpaired) electrons. The molecule has 3 heteroatoms. The summed E-state index contributed by atoms with van der Waals surface area (Å²) in [5.74, 6) is 0.179. The fourth-order valence-electron chi connectivity index (χ4n) is 7.97. The molecule has 54 heavy (non-hydrogen) atoms. The van der Waals surface area contributed by atoms with Crippen LogP contribution < -0.4 is 0 Å². The zero-order chi connectivity index (χ0) is 44.3. The lowest BCUT2D eigenvalue weighted by atomic mass is 9.83. The van der Waals surface area contributed by atoms with Crippen molar-refractivity contribution in [1.82, 2.24) is 9.55 Å². The summed E-state index contributed by atoms with van der Waals surface area (Å²) < 4.78 is 95.0. The van der Waals surface area contributed by atoms with Crippen LogP contribution in [0.4, 0.5) is 0 Å². The first-order valence-corrected chi connectivity index (χ1v) is 17.6. The molecule has 0 atom stereocenters. The van der Waals surface area contributed by atoms with Crippen LogP contribution in [0, 0.1) is 0 Å². The number of benzene rings is 9. The van der Waals surface area contributed by atoms with Gasteiger partial charge < -0.3 is 4.42 Å². The zero-order valence-electron chi connectivity index (χ0n) is 38.5. The molecule has 11 aromatic rings. The van der Waals surface area contributed by atoms with Crippen LogP contribution in [0.15, 0.2) is 198 Å². The lowest BCUT2D eigenvalue weighted by molar-refractivity contribution is 0.669. The first-order chi connectivity index (χ1) is 31.0. The molecule has 0 N–H and O–H groups in total. The number of aromatic nitrogens is 2. The van der Waals surface area contributed by atoms with Gasteiger partial charge in [-0.05, 0) is 85.8 Å². The van der Waals surface area contributed by atoms with Crippen LogP contribution in [0.3, 0.4) is 0 Å². The third-order valence-electron chi connectivity index (χ3n) is 10.2. The molecular weight excluding hydrogens is 657 g/mol. The minimum atomic E-state index is -0.498. The average molecular weight is 699 g/mol. The molecule has 0 fully saturated rings. The van der Waals surface area contributed by atoms with Gasteiger partial charge in [0.15, 0.2) is 0 Å². The SMILES string of the molecule is [2H]c1c([2H])c([2H])c(-c2ccc3c(-c4ccccc4-n4c(-c5c([2H])c([2H])c([2H])c([2H])c5[2H])nc5ccccc54)c4ccccc4c(-c4cccc5oc6ccccc6c45)c3c2)c([2H])c1[2H]. The number of nitrogens with zero attached hydrogens (tertiary/aromatic N) is 2. The maximum atomic E-state index is 9.01. The Morgan fingerprint density at radius 2 is 1.07 bits per heavy atom. The van der Waals surface area contributed by atoms with Crippen molar-refractivity contribution >= 4 is 54.5 Å². The summed E-state index contributed by atoms with van der Waals surface area (Å²) >= 11 is 0. The third kappa shape index (κ3) is 4.65. The van der Waals surface area contributed by atoms with Crippen LogP contribution in [0.2, 0.25) is 0 Å². The number of imidazole rings is 1. The van der Waals surface area contributed by atoms with E-state index in [0.717, 1.165) is 60.2 Å². The molecule has 2 aromatic heterocycles. The van der Waals surface area contributed by atoms with Crippen molar-refractivity contribution in [2.75, 3.05) is 0 Å². The molecule has 0 saturated carbocycles. The highest BCUT2D eigenvalue weighted by molar-refractivity contribution is 6.26. The van der Waals surface area contributed by atoms with E-state index in [2.05, 4.69) is 18.2 Å². The van der Waals surface area contributed by atoms with Gasteiger partial charge in [0.1, 0.15) is 17.0 Å². The van der Waals surface area contributed by atoms with Crippen LogP contribution in [0.1, 0.15) is 13.7 Å². The van der Waals surface area contributed by atoms with Crippen molar-refractivity contribution in [2.45, 2.75) is 0 Å². The van der Waals surface area contributed by atoms with Crippen molar-refractivity contribution < 1.29 is 18.1 Å². The van der Waals surface area contributed by atoms with E-state index in [0.29, 0.717) is 27.9 Å². The summed E-state index contributed by atoms with van der Waals surface area (Å²) in [6, 6.07) is 38.5. The summed E-state index contributed by atoms with van der Waals surface area (Å²) in [6.07, 6.45) is 0. The van der Waals surface area contributed by atoms with Gasteiger partial charge in [0.25, 0.3) is 0 Å². The van der Waals surface area contributed by atoms with Crippen LogP contribution in [0.25, 0.3) is 105 Å². The highest BCUT2D eigenvalue weighted by Gasteiger charge is 2.24. The Kier molecular flexibility index (Phi) is 4.96. The molecule has 0 aliphatic heterocycles. The van der Waals surface area contributed by atoms with Gasteiger partial charge in [0, 0.05) is 21.9 Å². The maximum absolute atomic E-state index is 9.01. The van der Waals surface area contributed by atoms with Gasteiger partial charge in [-0.1, -0.05) is 157 Å². The Labute approximate surface area is 326 Å². The molecule has 0 unspecified atom stereocenters. The quantitative estimate of drug-likeness (QED) is 0.168. The van der Waals surface area contributed by atoms with Gasteiger partial charge in [-0.2, -0.15) is 0 Å². The van der Waals surface area contributed by atoms with Crippen LogP contribution in [-0.4, -0.2) is 9.55 Å². The lowest BCUT2D eigenvalue weighted by Gasteiger charge is -2.21. The fourth-order valence-corrected chi connectivity index (χ4v) is 7.97. The number of hydrogen-bond acceptors (Lipinski definition) is 2. The molecule has 0 aliphatic rings. The third-order valence-corrected chi connectivity index (χ3v) is 10.2. The normalized spacial score (nSPS) is 14.3. The summed E-state index contributed by atoms with van der Waals surface area (Å²) in [6.45, 7) is 0. The molecule has 3 nitrogen and oxygen atoms in total. The Hall–Kier alpha value is -7.23. The highest BCUT2D eigenvalue weighted by atomic mass is 16.3. The van der Waals surface area contributed by atoms with E-state index >= 15 is 0 Å². The van der Waals surface area contributed by atoms with Gasteiger partial charge in [0.05, 0.1) is 30.4 Å². The smallest absolute Gasteiger partial charge is 0.145 e. The molecule has 2 heterocycles. The first kappa shape index (κ1) is 22.0. The summed E-state index contributed by atoms with van der Waals surface area (Å²) in [5.41, 5.74) is 7.05. The van der Waals surface area contributed by atoms with E-state index in [4.69, 9.17) is 23.1 Å². The fraction of sp³-hybridized carbons (Fsp3) is 0. The number of hydrogen-bond donors (Lipinski definition) is 0. The average Bonchev–Trinajstić information content (AvgIpc) is 3.90. The topological polar surface area (TPSA) is 31.0 Å². The Bertz CT molecular complexity index is 3760. The number of rotatable bonds is 5. The van der Waals surface area contributed by atoms with Crippen LogP contribution in [-0.2, 0) is 0 Å². The molecule has 0 aliphatic carbocycles. The molecule has 0 spiro atoms. The summed E-state index contributed by atoms with van der Waals surface area (Å²) in [7, 11) is 0. The molecular formula is C51H32N2O. The number of furan rings is 1. The number of para-hydroxylation sites is 4.